The van der Waals surface area contributed by atoms with Crippen LogP contribution in [0.1, 0.15) is 0 Å². The van der Waals surface area contributed by atoms with Crippen LogP contribution in [0.15, 0.2) is 179 Å². The van der Waals surface area contributed by atoms with Gasteiger partial charge in [-0.3, -0.25) is 0 Å². The zero-order chi connectivity index (χ0) is 33.9. The molecule has 0 bridgehead atoms. The Labute approximate surface area is 296 Å². The standard InChI is InChI=1S/C48H28N2O2/c1-5-16-39-33(12-1)34-13-2-6-17-40(34)49(39)31-11-9-10-29(26-31)30-20-22-43-37(27-30)47-45(51-43)24-25-46-48(47)38-28-32(21-23-44(38)52-46)50-41-18-7-3-14-35(41)36-15-4-8-19-42(36)50/h1-28H. The molecular formula is C48H28N2O2. The number of furan rings is 2. The van der Waals surface area contributed by atoms with E-state index >= 15 is 0 Å². The number of para-hydroxylation sites is 4. The minimum Gasteiger partial charge on any atom is -0.456 e. The zero-order valence-corrected chi connectivity index (χ0v) is 27.9. The van der Waals surface area contributed by atoms with E-state index in [1.165, 1.54) is 43.6 Å². The third-order valence-corrected chi connectivity index (χ3v) is 10.9. The molecule has 0 aliphatic carbocycles. The van der Waals surface area contributed by atoms with Crippen molar-refractivity contribution < 1.29 is 8.83 Å². The Balaban J connectivity index is 1.07. The number of rotatable bonds is 3. The number of aromatic nitrogens is 2. The van der Waals surface area contributed by atoms with Gasteiger partial charge in [0, 0.05) is 54.5 Å². The van der Waals surface area contributed by atoms with Crippen molar-refractivity contribution in [1.82, 2.24) is 9.13 Å². The Hall–Kier alpha value is -7.04. The van der Waals surface area contributed by atoms with Crippen molar-refractivity contribution in [3.63, 3.8) is 0 Å². The maximum absolute atomic E-state index is 6.52. The van der Waals surface area contributed by atoms with Gasteiger partial charge in [0.2, 0.25) is 0 Å². The minimum absolute atomic E-state index is 0.850. The largest absolute Gasteiger partial charge is 0.456 e. The maximum Gasteiger partial charge on any atom is 0.136 e. The molecule has 0 N–H and O–H groups in total. The molecule has 0 spiro atoms. The molecular weight excluding hydrogens is 637 g/mol. The summed E-state index contributed by atoms with van der Waals surface area (Å²) in [5, 5.41) is 9.30. The van der Waals surface area contributed by atoms with Gasteiger partial charge in [-0.05, 0) is 90.0 Å². The van der Waals surface area contributed by atoms with E-state index in [1.807, 2.05) is 12.1 Å². The van der Waals surface area contributed by atoms with Crippen LogP contribution in [0.3, 0.4) is 0 Å². The second kappa shape index (κ2) is 10.3. The molecule has 0 saturated carbocycles. The SMILES string of the molecule is c1cc(-c2ccc3oc4ccc5oc6ccc(-n7c8ccccc8c8ccccc87)cc6c5c4c3c2)cc(-n2c3ccccc3c3ccccc32)c1. The lowest BCUT2D eigenvalue weighted by Crippen LogP contribution is -1.94. The van der Waals surface area contributed by atoms with Crippen LogP contribution in [0.2, 0.25) is 0 Å². The molecule has 0 amide bonds. The molecule has 4 aromatic heterocycles. The molecule has 8 aromatic carbocycles. The Kier molecular flexibility index (Phi) is 5.47. The lowest BCUT2D eigenvalue weighted by Gasteiger charge is -2.10. The van der Waals surface area contributed by atoms with E-state index in [2.05, 4.69) is 167 Å². The van der Waals surface area contributed by atoms with Crippen molar-refractivity contribution in [1.29, 1.82) is 0 Å². The summed E-state index contributed by atoms with van der Waals surface area (Å²) in [7, 11) is 0. The highest BCUT2D eigenvalue weighted by Gasteiger charge is 2.19. The van der Waals surface area contributed by atoms with Crippen molar-refractivity contribution in [3.8, 4) is 22.5 Å². The van der Waals surface area contributed by atoms with Crippen LogP contribution in [-0.2, 0) is 0 Å². The lowest BCUT2D eigenvalue weighted by molar-refractivity contribution is 0.663. The van der Waals surface area contributed by atoms with Gasteiger partial charge in [-0.15, -0.1) is 0 Å². The summed E-state index contributed by atoms with van der Waals surface area (Å²) >= 11 is 0. The van der Waals surface area contributed by atoms with E-state index in [-0.39, 0.29) is 0 Å². The topological polar surface area (TPSA) is 36.1 Å². The Morgan fingerprint density at radius 2 is 0.712 bits per heavy atom. The van der Waals surface area contributed by atoms with Crippen LogP contribution < -0.4 is 0 Å². The number of fused-ring (bicyclic) bond motifs is 13. The molecule has 12 aromatic rings. The summed E-state index contributed by atoms with van der Waals surface area (Å²) in [6, 6.07) is 60.6. The van der Waals surface area contributed by atoms with Crippen LogP contribution in [0.5, 0.6) is 0 Å². The van der Waals surface area contributed by atoms with E-state index < -0.39 is 0 Å². The van der Waals surface area contributed by atoms with E-state index in [1.54, 1.807) is 0 Å². The molecule has 12 rings (SSSR count). The second-order valence-electron chi connectivity index (χ2n) is 13.7. The molecule has 0 aliphatic rings. The predicted molar refractivity (Wildman–Crippen MR) is 215 cm³/mol. The molecule has 4 heterocycles. The zero-order valence-electron chi connectivity index (χ0n) is 27.9. The van der Waals surface area contributed by atoms with Crippen LogP contribution in [0, 0.1) is 0 Å². The van der Waals surface area contributed by atoms with Gasteiger partial charge in [-0.2, -0.15) is 0 Å². The fraction of sp³-hybridized carbons (Fsp3) is 0. The summed E-state index contributed by atoms with van der Waals surface area (Å²) in [5.74, 6) is 0. The minimum atomic E-state index is 0.850. The smallest absolute Gasteiger partial charge is 0.136 e. The second-order valence-corrected chi connectivity index (χ2v) is 13.7. The van der Waals surface area contributed by atoms with Gasteiger partial charge < -0.3 is 18.0 Å². The van der Waals surface area contributed by atoms with Crippen molar-refractivity contribution in [2.24, 2.45) is 0 Å². The molecule has 0 fully saturated rings. The van der Waals surface area contributed by atoms with Crippen LogP contribution in [0.25, 0.3) is 110 Å². The van der Waals surface area contributed by atoms with Gasteiger partial charge in [0.05, 0.1) is 22.1 Å². The molecule has 242 valence electrons. The number of hydrogen-bond donors (Lipinski definition) is 0. The van der Waals surface area contributed by atoms with Gasteiger partial charge in [-0.25, -0.2) is 0 Å². The molecule has 0 aliphatic heterocycles. The van der Waals surface area contributed by atoms with Crippen LogP contribution in [0.4, 0.5) is 0 Å². The molecule has 0 atom stereocenters. The first kappa shape index (κ1) is 27.7. The highest BCUT2D eigenvalue weighted by Crippen LogP contribution is 2.43. The molecule has 0 saturated heterocycles. The van der Waals surface area contributed by atoms with Crippen molar-refractivity contribution >= 4 is 87.5 Å². The third kappa shape index (κ3) is 3.75. The Morgan fingerprint density at radius 3 is 1.25 bits per heavy atom. The first-order valence-corrected chi connectivity index (χ1v) is 17.7. The van der Waals surface area contributed by atoms with E-state index in [0.29, 0.717) is 0 Å². The number of hydrogen-bond acceptors (Lipinski definition) is 2. The molecule has 4 nitrogen and oxygen atoms in total. The van der Waals surface area contributed by atoms with Crippen molar-refractivity contribution in [2.75, 3.05) is 0 Å². The van der Waals surface area contributed by atoms with Gasteiger partial charge in [0.15, 0.2) is 0 Å². The van der Waals surface area contributed by atoms with Gasteiger partial charge >= 0.3 is 0 Å². The average molecular weight is 665 g/mol. The fourth-order valence-electron chi connectivity index (χ4n) is 8.67. The first-order chi connectivity index (χ1) is 25.8. The molecule has 0 unspecified atom stereocenters. The summed E-state index contributed by atoms with van der Waals surface area (Å²) < 4.78 is 17.8. The van der Waals surface area contributed by atoms with Crippen LogP contribution >= 0.6 is 0 Å². The van der Waals surface area contributed by atoms with E-state index in [4.69, 9.17) is 8.83 Å². The summed E-state index contributed by atoms with van der Waals surface area (Å²) in [6.07, 6.45) is 0. The number of benzene rings is 8. The monoisotopic (exact) mass is 664 g/mol. The quantitative estimate of drug-likeness (QED) is 0.188. The molecule has 4 heteroatoms. The normalized spacial score (nSPS) is 12.2. The van der Waals surface area contributed by atoms with E-state index in [0.717, 1.165) is 66.4 Å². The highest BCUT2D eigenvalue weighted by atomic mass is 16.3. The van der Waals surface area contributed by atoms with Gasteiger partial charge in [0.1, 0.15) is 22.3 Å². The maximum atomic E-state index is 6.52. The van der Waals surface area contributed by atoms with Gasteiger partial charge in [0.25, 0.3) is 0 Å². The summed E-state index contributed by atoms with van der Waals surface area (Å²) in [5.41, 5.74) is 12.7. The Bertz CT molecular complexity index is 3320. The van der Waals surface area contributed by atoms with Crippen molar-refractivity contribution in [2.45, 2.75) is 0 Å². The lowest BCUT2D eigenvalue weighted by atomic mass is 10.00. The van der Waals surface area contributed by atoms with Crippen LogP contribution in [-0.4, -0.2) is 9.13 Å². The Morgan fingerprint density at radius 1 is 0.288 bits per heavy atom. The number of nitrogens with zero attached hydrogens (tertiary/aromatic N) is 2. The third-order valence-electron chi connectivity index (χ3n) is 10.9. The predicted octanol–water partition coefficient (Wildman–Crippen LogP) is 13.3. The molecule has 0 radical (unpaired) electrons. The van der Waals surface area contributed by atoms with E-state index in [9.17, 15) is 0 Å². The fourth-order valence-corrected chi connectivity index (χ4v) is 8.67. The van der Waals surface area contributed by atoms with Crippen molar-refractivity contribution in [3.05, 3.63) is 170 Å². The first-order valence-electron chi connectivity index (χ1n) is 17.7. The summed E-state index contributed by atoms with van der Waals surface area (Å²) in [4.78, 5) is 0. The average Bonchev–Trinajstić information content (AvgIpc) is 3.95. The van der Waals surface area contributed by atoms with Gasteiger partial charge in [-0.1, -0.05) is 91.0 Å². The molecule has 52 heavy (non-hydrogen) atoms. The highest BCUT2D eigenvalue weighted by molar-refractivity contribution is 6.26. The summed E-state index contributed by atoms with van der Waals surface area (Å²) in [6.45, 7) is 0.